The van der Waals surface area contributed by atoms with Crippen molar-refractivity contribution in [1.82, 2.24) is 4.90 Å². The number of phenolic OH excluding ortho intramolecular Hbond substituents is 2. The third kappa shape index (κ3) is 6.86. The van der Waals surface area contributed by atoms with E-state index >= 15 is 0 Å². The van der Waals surface area contributed by atoms with Gasteiger partial charge in [0.05, 0.1) is 17.3 Å². The average molecular weight is 475 g/mol. The van der Waals surface area contributed by atoms with E-state index in [9.17, 15) is 19.8 Å². The van der Waals surface area contributed by atoms with Gasteiger partial charge in [-0.1, -0.05) is 47.1 Å². The van der Waals surface area contributed by atoms with Gasteiger partial charge in [0.2, 0.25) is 0 Å². The van der Waals surface area contributed by atoms with Gasteiger partial charge in [0.25, 0.3) is 5.91 Å². The van der Waals surface area contributed by atoms with Crippen LogP contribution in [0, 0.1) is 0 Å². The van der Waals surface area contributed by atoms with Gasteiger partial charge in [-0.25, -0.2) is 4.79 Å². The molecule has 0 fully saturated rings. The maximum atomic E-state index is 12.7. The maximum absolute atomic E-state index is 12.7. The van der Waals surface area contributed by atoms with Crippen molar-refractivity contribution < 1.29 is 29.4 Å². The number of fused-ring (bicyclic) bond motifs is 1. The molecule has 0 bridgehead atoms. The molecule has 0 unspecified atom stereocenters. The summed E-state index contributed by atoms with van der Waals surface area (Å²) in [7, 11) is 0. The van der Waals surface area contributed by atoms with Crippen molar-refractivity contribution in [3.05, 3.63) is 58.7 Å². The molecule has 0 saturated carbocycles. The molecule has 2 aliphatic rings. The molecule has 0 spiro atoms. The number of carbonyl (C=O) groups is 2. The van der Waals surface area contributed by atoms with Gasteiger partial charge in [0, 0.05) is 25.6 Å². The molecule has 1 aromatic carbocycles. The zero-order valence-electron chi connectivity index (χ0n) is 18.2. The summed E-state index contributed by atoms with van der Waals surface area (Å²) in [6.45, 7) is 1.07. The first-order chi connectivity index (χ1) is 16.0. The first-order valence-corrected chi connectivity index (χ1v) is 11.2. The van der Waals surface area contributed by atoms with Gasteiger partial charge in [-0.3, -0.25) is 4.79 Å². The zero-order chi connectivity index (χ0) is 23.6. The molecular weight excluding hydrogens is 448 g/mol. The molecule has 3 rings (SSSR count). The van der Waals surface area contributed by atoms with Crippen molar-refractivity contribution in [2.24, 2.45) is 5.16 Å². The number of halogens is 1. The largest absolute Gasteiger partial charge is 0.507 e. The van der Waals surface area contributed by atoms with E-state index in [1.54, 1.807) is 11.0 Å². The van der Waals surface area contributed by atoms with E-state index in [2.05, 4.69) is 5.16 Å². The number of oxime groups is 1. The summed E-state index contributed by atoms with van der Waals surface area (Å²) >= 11 is 6.28. The lowest BCUT2D eigenvalue weighted by Gasteiger charge is -2.22. The van der Waals surface area contributed by atoms with Gasteiger partial charge in [0.1, 0.15) is 17.1 Å². The summed E-state index contributed by atoms with van der Waals surface area (Å²) < 4.78 is 5.27. The first-order valence-electron chi connectivity index (χ1n) is 10.8. The minimum absolute atomic E-state index is 0.0296. The molecule has 33 heavy (non-hydrogen) atoms. The van der Waals surface area contributed by atoms with Crippen LogP contribution in [0.4, 0.5) is 0 Å². The second-order valence-corrected chi connectivity index (χ2v) is 7.97. The van der Waals surface area contributed by atoms with E-state index in [4.69, 9.17) is 21.2 Å². The van der Waals surface area contributed by atoms with Gasteiger partial charge in [0.15, 0.2) is 6.61 Å². The molecule has 0 aliphatic carbocycles. The van der Waals surface area contributed by atoms with E-state index in [0.717, 1.165) is 25.3 Å². The molecule has 1 amide bonds. The Morgan fingerprint density at radius 2 is 1.85 bits per heavy atom. The smallest absolute Gasteiger partial charge is 0.342 e. The standard InChI is InChI=1S/C24H27ClN2O6/c25-23-18-14-17(26-33-16-21(30)27-11-7-5-8-12-27)10-6-3-1-2-4-9-13-32-24(31)22(18)19(28)15-20(23)29/h2,4-7,10,15,28-29H,1,3,8-9,11-14,16H2. The number of nitrogens with zero attached hydrogens (tertiary/aromatic N) is 2. The molecule has 9 heteroatoms. The van der Waals surface area contributed by atoms with Crippen LogP contribution in [0.15, 0.2) is 47.7 Å². The second kappa shape index (κ2) is 12.1. The van der Waals surface area contributed by atoms with Crippen LogP contribution in [0.1, 0.15) is 41.6 Å². The van der Waals surface area contributed by atoms with Crippen molar-refractivity contribution in [3.63, 3.8) is 0 Å². The predicted octanol–water partition coefficient (Wildman–Crippen LogP) is 3.91. The highest BCUT2D eigenvalue weighted by molar-refractivity contribution is 6.33. The number of esters is 1. The fourth-order valence-electron chi connectivity index (χ4n) is 3.45. The van der Waals surface area contributed by atoms with Gasteiger partial charge in [-0.05, 0) is 37.3 Å². The molecule has 1 aromatic rings. The second-order valence-electron chi connectivity index (χ2n) is 7.59. The van der Waals surface area contributed by atoms with Crippen molar-refractivity contribution in [2.45, 2.75) is 32.1 Å². The third-order valence-corrected chi connectivity index (χ3v) is 5.58. The van der Waals surface area contributed by atoms with Crippen LogP contribution in [0.5, 0.6) is 11.5 Å². The maximum Gasteiger partial charge on any atom is 0.342 e. The fourth-order valence-corrected chi connectivity index (χ4v) is 3.67. The molecular formula is C24H27ClN2O6. The normalized spacial score (nSPS) is 18.5. The monoisotopic (exact) mass is 474 g/mol. The lowest BCUT2D eigenvalue weighted by Crippen LogP contribution is -2.36. The molecule has 176 valence electrons. The summed E-state index contributed by atoms with van der Waals surface area (Å²) in [5, 5.41) is 24.4. The van der Waals surface area contributed by atoms with E-state index in [1.165, 1.54) is 0 Å². The third-order valence-electron chi connectivity index (χ3n) is 5.16. The first kappa shape index (κ1) is 24.4. The Morgan fingerprint density at radius 3 is 2.64 bits per heavy atom. The van der Waals surface area contributed by atoms with Gasteiger partial charge >= 0.3 is 5.97 Å². The highest BCUT2D eigenvalue weighted by atomic mass is 35.5. The van der Waals surface area contributed by atoms with Crippen LogP contribution < -0.4 is 0 Å². The van der Waals surface area contributed by atoms with E-state index in [0.29, 0.717) is 25.2 Å². The highest BCUT2D eigenvalue weighted by Gasteiger charge is 2.24. The van der Waals surface area contributed by atoms with Crippen molar-refractivity contribution in [2.75, 3.05) is 26.3 Å². The Morgan fingerprint density at radius 1 is 1.09 bits per heavy atom. The minimum Gasteiger partial charge on any atom is -0.507 e. The minimum atomic E-state index is -0.757. The molecule has 0 saturated heterocycles. The number of benzene rings is 1. The predicted molar refractivity (Wildman–Crippen MR) is 125 cm³/mol. The summed E-state index contributed by atoms with van der Waals surface area (Å²) in [5.74, 6) is -1.76. The number of cyclic esters (lactones) is 1. The number of aromatic hydroxyl groups is 2. The number of hydrogen-bond acceptors (Lipinski definition) is 7. The number of ether oxygens (including phenoxy) is 1. The van der Waals surface area contributed by atoms with Crippen molar-refractivity contribution in [3.8, 4) is 11.5 Å². The average Bonchev–Trinajstić information content (AvgIpc) is 2.80. The molecule has 2 N–H and O–H groups in total. The van der Waals surface area contributed by atoms with Crippen LogP contribution in [0.25, 0.3) is 0 Å². The SMILES string of the molecule is O=C1OCCC=CCCC=CC(=NOCC(=O)N2CC=CCC2)Cc2c(Cl)c(O)cc(O)c21. The van der Waals surface area contributed by atoms with Crippen LogP contribution in [-0.4, -0.2) is 59.0 Å². The number of amides is 1. The number of hydrogen-bond donors (Lipinski definition) is 2. The number of phenols is 2. The van der Waals surface area contributed by atoms with Crippen molar-refractivity contribution >= 4 is 29.2 Å². The van der Waals surface area contributed by atoms with E-state index in [-0.39, 0.29) is 47.4 Å². The number of carbonyl (C=O) groups excluding carboxylic acids is 2. The number of allylic oxidation sites excluding steroid dienone is 3. The van der Waals surface area contributed by atoms with Crippen LogP contribution in [0.2, 0.25) is 5.02 Å². The van der Waals surface area contributed by atoms with Gasteiger partial charge in [-0.15, -0.1) is 0 Å². The summed E-state index contributed by atoms with van der Waals surface area (Å²) in [6, 6.07) is 1.00. The lowest BCUT2D eigenvalue weighted by atomic mass is 9.99. The van der Waals surface area contributed by atoms with Crippen LogP contribution in [-0.2, 0) is 20.8 Å². The Hall–Kier alpha value is -3.26. The van der Waals surface area contributed by atoms with E-state index < -0.39 is 11.7 Å². The number of rotatable bonds is 3. The Labute approximate surface area is 197 Å². The highest BCUT2D eigenvalue weighted by Crippen LogP contribution is 2.37. The lowest BCUT2D eigenvalue weighted by molar-refractivity contribution is -0.135. The summed E-state index contributed by atoms with van der Waals surface area (Å²) in [4.78, 5) is 32.0. The summed E-state index contributed by atoms with van der Waals surface area (Å²) in [6.07, 6.45) is 14.3. The van der Waals surface area contributed by atoms with Gasteiger partial charge in [-0.2, -0.15) is 0 Å². The Bertz CT molecular complexity index is 999. The molecule has 0 atom stereocenters. The topological polar surface area (TPSA) is 109 Å². The van der Waals surface area contributed by atoms with E-state index in [1.807, 2.05) is 30.4 Å². The molecule has 0 radical (unpaired) electrons. The fraction of sp³-hybridized carbons (Fsp3) is 0.375. The molecule has 2 heterocycles. The van der Waals surface area contributed by atoms with Gasteiger partial charge < -0.3 is 24.7 Å². The molecule has 0 aromatic heterocycles. The molecule has 2 aliphatic heterocycles. The Balaban J connectivity index is 1.87. The Kier molecular flexibility index (Phi) is 8.95. The van der Waals surface area contributed by atoms with Crippen molar-refractivity contribution in [1.29, 1.82) is 0 Å². The quantitative estimate of drug-likeness (QED) is 0.390. The summed E-state index contributed by atoms with van der Waals surface area (Å²) in [5.41, 5.74) is 0.380. The van der Waals surface area contributed by atoms with Crippen LogP contribution >= 0.6 is 11.6 Å². The zero-order valence-corrected chi connectivity index (χ0v) is 19.0. The molecule has 8 nitrogen and oxygen atoms in total. The van der Waals surface area contributed by atoms with Crippen LogP contribution in [0.3, 0.4) is 0 Å².